The van der Waals surface area contributed by atoms with Crippen LogP contribution in [0.1, 0.15) is 10.4 Å². The van der Waals surface area contributed by atoms with E-state index in [9.17, 15) is 14.0 Å². The van der Waals surface area contributed by atoms with E-state index in [-0.39, 0.29) is 23.7 Å². The lowest BCUT2D eigenvalue weighted by molar-refractivity contribution is -0.115. The van der Waals surface area contributed by atoms with Gasteiger partial charge in [0.25, 0.3) is 0 Å². The Morgan fingerprint density at radius 3 is 2.84 bits per heavy atom. The van der Waals surface area contributed by atoms with Gasteiger partial charge in [-0.1, -0.05) is 6.08 Å². The van der Waals surface area contributed by atoms with E-state index in [2.05, 4.69) is 21.9 Å². The normalized spacial score (nSPS) is 9.79. The Labute approximate surface area is 110 Å². The molecular weight excluding hydrogens is 251 g/mol. The zero-order valence-corrected chi connectivity index (χ0v) is 10.5. The van der Waals surface area contributed by atoms with E-state index in [0.29, 0.717) is 6.54 Å². The molecule has 0 aliphatic rings. The Balaban J connectivity index is 2.79. The third-order valence-corrected chi connectivity index (χ3v) is 2.24. The van der Waals surface area contributed by atoms with Crippen molar-refractivity contribution >= 4 is 17.6 Å². The molecule has 1 aromatic carbocycles. The predicted molar refractivity (Wildman–Crippen MR) is 69.4 cm³/mol. The van der Waals surface area contributed by atoms with Crippen LogP contribution in [0.25, 0.3) is 0 Å². The van der Waals surface area contributed by atoms with Crippen molar-refractivity contribution in [1.29, 1.82) is 0 Å². The number of benzene rings is 1. The zero-order valence-electron chi connectivity index (χ0n) is 10.5. The topological polar surface area (TPSA) is 67.4 Å². The summed E-state index contributed by atoms with van der Waals surface area (Å²) in [7, 11) is 1.18. The molecule has 0 saturated heterocycles. The molecule has 0 radical (unpaired) electrons. The minimum atomic E-state index is -0.714. The van der Waals surface area contributed by atoms with E-state index in [1.807, 2.05) is 0 Å². The van der Waals surface area contributed by atoms with Gasteiger partial charge in [0.05, 0.1) is 24.9 Å². The molecule has 0 fully saturated rings. The second kappa shape index (κ2) is 7.27. The van der Waals surface area contributed by atoms with Crippen LogP contribution in [0.4, 0.5) is 10.1 Å². The third kappa shape index (κ3) is 4.51. The predicted octanol–water partition coefficient (Wildman–Crippen LogP) is 1.33. The molecule has 0 atom stereocenters. The van der Waals surface area contributed by atoms with Crippen LogP contribution in [-0.4, -0.2) is 32.1 Å². The fraction of sp³-hybridized carbons (Fsp3) is 0.231. The van der Waals surface area contributed by atoms with E-state index in [1.165, 1.54) is 13.2 Å². The fourth-order valence-electron chi connectivity index (χ4n) is 1.39. The highest BCUT2D eigenvalue weighted by Crippen LogP contribution is 2.17. The zero-order chi connectivity index (χ0) is 14.3. The minimum absolute atomic E-state index is 0.0282. The molecule has 0 saturated carbocycles. The van der Waals surface area contributed by atoms with E-state index in [4.69, 9.17) is 0 Å². The summed E-state index contributed by atoms with van der Waals surface area (Å²) in [5, 5.41) is 5.32. The van der Waals surface area contributed by atoms with Gasteiger partial charge in [-0.25, -0.2) is 9.18 Å². The number of methoxy groups -OCH3 is 1. The van der Waals surface area contributed by atoms with Gasteiger partial charge in [0.2, 0.25) is 5.91 Å². The average Bonchev–Trinajstić information content (AvgIpc) is 2.40. The van der Waals surface area contributed by atoms with Gasteiger partial charge in [-0.3, -0.25) is 4.79 Å². The van der Waals surface area contributed by atoms with E-state index < -0.39 is 11.8 Å². The summed E-state index contributed by atoms with van der Waals surface area (Å²) in [6.45, 7) is 4.05. The number of carbonyl (C=O) groups excluding carboxylic acids is 2. The van der Waals surface area contributed by atoms with Crippen molar-refractivity contribution in [1.82, 2.24) is 5.32 Å². The first-order chi connectivity index (χ1) is 9.08. The lowest BCUT2D eigenvalue weighted by Gasteiger charge is -2.10. The summed E-state index contributed by atoms with van der Waals surface area (Å²) in [6, 6.07) is 3.48. The van der Waals surface area contributed by atoms with Crippen LogP contribution in [0.15, 0.2) is 30.9 Å². The fourth-order valence-corrected chi connectivity index (χ4v) is 1.39. The summed E-state index contributed by atoms with van der Waals surface area (Å²) >= 11 is 0. The quantitative estimate of drug-likeness (QED) is 0.463. The number of hydrogen-bond donors (Lipinski definition) is 2. The number of hydrogen-bond acceptors (Lipinski definition) is 4. The molecular formula is C13H15FN2O3. The lowest BCUT2D eigenvalue weighted by atomic mass is 10.1. The minimum Gasteiger partial charge on any atom is -0.465 e. The molecule has 6 heteroatoms. The Bertz CT molecular complexity index is 489. The summed E-state index contributed by atoms with van der Waals surface area (Å²) in [6.07, 6.45) is 1.62. The van der Waals surface area contributed by atoms with Crippen LogP contribution in [0, 0.1) is 5.82 Å². The first-order valence-electron chi connectivity index (χ1n) is 5.57. The highest BCUT2D eigenvalue weighted by atomic mass is 19.1. The van der Waals surface area contributed by atoms with Crippen LogP contribution >= 0.6 is 0 Å². The molecule has 0 aliphatic heterocycles. The standard InChI is InChI=1S/C13H15FN2O3/c1-3-6-15-8-12(17)16-11-5-4-9(14)7-10(11)13(18)19-2/h3-5,7,15H,1,6,8H2,2H3,(H,16,17). The Kier molecular flexibility index (Phi) is 5.69. The number of amides is 1. The second-order valence-electron chi connectivity index (χ2n) is 3.65. The highest BCUT2D eigenvalue weighted by molar-refractivity contribution is 6.01. The summed E-state index contributed by atoms with van der Waals surface area (Å²) in [4.78, 5) is 23.0. The molecule has 19 heavy (non-hydrogen) atoms. The molecule has 5 nitrogen and oxygen atoms in total. The van der Waals surface area contributed by atoms with Crippen molar-refractivity contribution in [2.24, 2.45) is 0 Å². The first-order valence-corrected chi connectivity index (χ1v) is 5.57. The third-order valence-electron chi connectivity index (χ3n) is 2.24. The van der Waals surface area contributed by atoms with Crippen molar-refractivity contribution in [3.05, 3.63) is 42.2 Å². The molecule has 0 bridgehead atoms. The molecule has 0 aromatic heterocycles. The van der Waals surface area contributed by atoms with Crippen LogP contribution in [0.5, 0.6) is 0 Å². The van der Waals surface area contributed by atoms with Gasteiger partial charge in [0.15, 0.2) is 0 Å². The molecule has 0 heterocycles. The van der Waals surface area contributed by atoms with E-state index in [1.54, 1.807) is 6.08 Å². The maximum atomic E-state index is 13.1. The molecule has 0 spiro atoms. The molecule has 1 rings (SSSR count). The van der Waals surface area contributed by atoms with E-state index >= 15 is 0 Å². The Morgan fingerprint density at radius 2 is 2.21 bits per heavy atom. The number of esters is 1. The van der Waals surface area contributed by atoms with Gasteiger partial charge in [-0.2, -0.15) is 0 Å². The molecule has 1 aromatic rings. The Hall–Kier alpha value is -2.21. The second-order valence-corrected chi connectivity index (χ2v) is 3.65. The number of anilines is 1. The maximum Gasteiger partial charge on any atom is 0.340 e. The van der Waals surface area contributed by atoms with Gasteiger partial charge < -0.3 is 15.4 Å². The Morgan fingerprint density at radius 1 is 1.47 bits per heavy atom. The van der Waals surface area contributed by atoms with Gasteiger partial charge >= 0.3 is 5.97 Å². The number of rotatable bonds is 6. The van der Waals surface area contributed by atoms with Gasteiger partial charge in [-0.15, -0.1) is 6.58 Å². The highest BCUT2D eigenvalue weighted by Gasteiger charge is 2.14. The van der Waals surface area contributed by atoms with Crippen LogP contribution in [-0.2, 0) is 9.53 Å². The summed E-state index contributed by atoms with van der Waals surface area (Å²) < 4.78 is 17.6. The number of ether oxygens (including phenoxy) is 1. The van der Waals surface area contributed by atoms with Gasteiger partial charge in [0.1, 0.15) is 5.82 Å². The van der Waals surface area contributed by atoms with Gasteiger partial charge in [0, 0.05) is 6.54 Å². The number of halogens is 1. The maximum absolute atomic E-state index is 13.1. The van der Waals surface area contributed by atoms with Crippen molar-refractivity contribution in [2.45, 2.75) is 0 Å². The smallest absolute Gasteiger partial charge is 0.340 e. The summed E-state index contributed by atoms with van der Waals surface area (Å²) in [5.74, 6) is -1.64. The van der Waals surface area contributed by atoms with Crippen molar-refractivity contribution in [3.63, 3.8) is 0 Å². The molecule has 0 unspecified atom stereocenters. The molecule has 102 valence electrons. The molecule has 2 N–H and O–H groups in total. The monoisotopic (exact) mass is 266 g/mol. The number of nitrogens with one attached hydrogen (secondary N) is 2. The molecule has 0 aliphatic carbocycles. The average molecular weight is 266 g/mol. The van der Waals surface area contributed by atoms with Crippen LogP contribution < -0.4 is 10.6 Å². The summed E-state index contributed by atoms with van der Waals surface area (Å²) in [5.41, 5.74) is 0.179. The van der Waals surface area contributed by atoms with Crippen LogP contribution in [0.3, 0.4) is 0 Å². The van der Waals surface area contributed by atoms with Crippen molar-refractivity contribution in [3.8, 4) is 0 Å². The van der Waals surface area contributed by atoms with Crippen molar-refractivity contribution in [2.75, 3.05) is 25.5 Å². The lowest BCUT2D eigenvalue weighted by Crippen LogP contribution is -2.28. The van der Waals surface area contributed by atoms with Gasteiger partial charge in [-0.05, 0) is 18.2 Å². The largest absolute Gasteiger partial charge is 0.465 e. The number of carbonyl (C=O) groups is 2. The molecule has 1 amide bonds. The van der Waals surface area contributed by atoms with Crippen molar-refractivity contribution < 1.29 is 18.7 Å². The van der Waals surface area contributed by atoms with Crippen LogP contribution in [0.2, 0.25) is 0 Å². The first kappa shape index (κ1) is 14.8. The van der Waals surface area contributed by atoms with E-state index in [0.717, 1.165) is 12.1 Å². The SMILES string of the molecule is C=CCNCC(=O)Nc1ccc(F)cc1C(=O)OC.